The van der Waals surface area contributed by atoms with Gasteiger partial charge in [-0.05, 0) is 24.6 Å². The highest BCUT2D eigenvalue weighted by atomic mass is 79.9. The average Bonchev–Trinajstić information content (AvgIpc) is 2.05. The zero-order valence-corrected chi connectivity index (χ0v) is 9.10. The molecule has 0 amide bonds. The predicted octanol–water partition coefficient (Wildman–Crippen LogP) is 2.72. The molecule has 0 heterocycles. The van der Waals surface area contributed by atoms with Crippen LogP contribution in [0.4, 0.5) is 4.39 Å². The molecule has 0 atom stereocenters. The van der Waals surface area contributed by atoms with Gasteiger partial charge < -0.3 is 5.21 Å². The lowest BCUT2D eigenvalue weighted by atomic mass is 10.1. The van der Waals surface area contributed by atoms with Crippen LogP contribution in [0.15, 0.2) is 16.6 Å². The average molecular weight is 248 g/mol. The molecule has 0 aliphatic carbocycles. The lowest BCUT2D eigenvalue weighted by Crippen LogP contribution is -2.14. The largest absolute Gasteiger partial charge is 0.314 e. The van der Waals surface area contributed by atoms with Crippen LogP contribution in [0.25, 0.3) is 0 Å². The summed E-state index contributed by atoms with van der Waals surface area (Å²) in [5.74, 6) is -0.290. The van der Waals surface area contributed by atoms with Crippen molar-refractivity contribution in [1.82, 2.24) is 5.06 Å². The van der Waals surface area contributed by atoms with Crippen molar-refractivity contribution in [3.05, 3.63) is 33.5 Å². The highest BCUT2D eigenvalue weighted by molar-refractivity contribution is 9.10. The van der Waals surface area contributed by atoms with Gasteiger partial charge in [0.2, 0.25) is 0 Å². The van der Waals surface area contributed by atoms with Gasteiger partial charge in [-0.15, -0.1) is 0 Å². The van der Waals surface area contributed by atoms with E-state index in [4.69, 9.17) is 5.21 Å². The van der Waals surface area contributed by atoms with Crippen LogP contribution in [-0.2, 0) is 6.54 Å². The lowest BCUT2D eigenvalue weighted by molar-refractivity contribution is -0.0740. The van der Waals surface area contributed by atoms with Crippen LogP contribution in [0.5, 0.6) is 0 Å². The Morgan fingerprint density at radius 1 is 1.54 bits per heavy atom. The minimum Gasteiger partial charge on any atom is -0.314 e. The van der Waals surface area contributed by atoms with Crippen molar-refractivity contribution >= 4 is 15.9 Å². The molecule has 0 aliphatic rings. The summed E-state index contributed by atoms with van der Waals surface area (Å²) in [5.41, 5.74) is 1.33. The second kappa shape index (κ2) is 4.17. The maximum atomic E-state index is 13.2. The van der Waals surface area contributed by atoms with Crippen LogP contribution in [-0.4, -0.2) is 17.3 Å². The first-order chi connectivity index (χ1) is 6.02. The van der Waals surface area contributed by atoms with Gasteiger partial charge in [0.05, 0.1) is 6.54 Å². The first-order valence-corrected chi connectivity index (χ1v) is 4.65. The maximum absolute atomic E-state index is 13.2. The molecule has 0 bridgehead atoms. The van der Waals surface area contributed by atoms with E-state index in [1.54, 1.807) is 6.07 Å². The molecule has 0 unspecified atom stereocenters. The van der Waals surface area contributed by atoms with E-state index in [1.165, 1.54) is 13.1 Å². The molecule has 1 N–H and O–H groups in total. The van der Waals surface area contributed by atoms with Crippen LogP contribution in [0.2, 0.25) is 0 Å². The van der Waals surface area contributed by atoms with Gasteiger partial charge in [0.1, 0.15) is 5.82 Å². The summed E-state index contributed by atoms with van der Waals surface area (Å²) in [6.45, 7) is 2.00. The van der Waals surface area contributed by atoms with Crippen LogP contribution in [0, 0.1) is 12.7 Å². The first kappa shape index (κ1) is 10.6. The Morgan fingerprint density at radius 2 is 2.15 bits per heavy atom. The fraction of sp³-hybridized carbons (Fsp3) is 0.333. The van der Waals surface area contributed by atoms with Crippen molar-refractivity contribution < 1.29 is 9.60 Å². The molecule has 0 aliphatic heterocycles. The molecule has 1 aromatic rings. The topological polar surface area (TPSA) is 23.5 Å². The highest BCUT2D eigenvalue weighted by Crippen LogP contribution is 2.22. The van der Waals surface area contributed by atoms with Gasteiger partial charge >= 0.3 is 0 Å². The number of hydrogen-bond acceptors (Lipinski definition) is 2. The van der Waals surface area contributed by atoms with Crippen molar-refractivity contribution in [2.24, 2.45) is 0 Å². The van der Waals surface area contributed by atoms with E-state index in [1.807, 2.05) is 6.92 Å². The third-order valence-corrected chi connectivity index (χ3v) is 2.72. The highest BCUT2D eigenvalue weighted by Gasteiger charge is 2.09. The van der Waals surface area contributed by atoms with Crippen molar-refractivity contribution in [1.29, 1.82) is 0 Å². The molecule has 72 valence electrons. The van der Waals surface area contributed by atoms with E-state index in [0.717, 1.165) is 15.1 Å². The van der Waals surface area contributed by atoms with E-state index in [-0.39, 0.29) is 12.4 Å². The molecule has 0 saturated carbocycles. The Bertz CT molecular complexity index is 315. The molecule has 13 heavy (non-hydrogen) atoms. The number of rotatable bonds is 2. The van der Waals surface area contributed by atoms with Gasteiger partial charge in [0.25, 0.3) is 0 Å². The fourth-order valence-electron chi connectivity index (χ4n) is 1.12. The number of benzene rings is 1. The molecule has 1 aromatic carbocycles. The predicted molar refractivity (Wildman–Crippen MR) is 52.1 cm³/mol. The molecule has 0 spiro atoms. The van der Waals surface area contributed by atoms with Gasteiger partial charge in [-0.1, -0.05) is 15.9 Å². The summed E-state index contributed by atoms with van der Waals surface area (Å²) in [6, 6.07) is 3.04. The van der Waals surface area contributed by atoms with Crippen molar-refractivity contribution in [2.45, 2.75) is 13.5 Å². The zero-order valence-electron chi connectivity index (χ0n) is 7.51. The zero-order chi connectivity index (χ0) is 10.0. The molecule has 0 radical (unpaired) electrons. The Morgan fingerprint density at radius 3 is 2.69 bits per heavy atom. The van der Waals surface area contributed by atoms with E-state index in [0.29, 0.717) is 5.56 Å². The van der Waals surface area contributed by atoms with Crippen molar-refractivity contribution in [3.63, 3.8) is 0 Å². The number of nitrogens with zero attached hydrogens (tertiary/aromatic N) is 1. The number of hydrogen-bond donors (Lipinski definition) is 1. The summed E-state index contributed by atoms with van der Waals surface area (Å²) >= 11 is 3.30. The summed E-state index contributed by atoms with van der Waals surface area (Å²) in [6.07, 6.45) is 0. The van der Waals surface area contributed by atoms with Gasteiger partial charge in [-0.3, -0.25) is 0 Å². The molecular formula is C9H11BrFNO. The van der Waals surface area contributed by atoms with Crippen LogP contribution < -0.4 is 0 Å². The molecule has 1 rings (SSSR count). The monoisotopic (exact) mass is 247 g/mol. The normalized spacial score (nSPS) is 10.9. The Hall–Kier alpha value is -0.450. The van der Waals surface area contributed by atoms with Gasteiger partial charge in [0, 0.05) is 17.1 Å². The fourth-order valence-corrected chi connectivity index (χ4v) is 1.49. The minimum absolute atomic E-state index is 0.192. The summed E-state index contributed by atoms with van der Waals surface area (Å²) < 4.78 is 14.1. The second-order valence-corrected chi connectivity index (χ2v) is 3.80. The SMILES string of the molecule is Cc1c(Br)ccc(F)c1CN(C)O. The van der Waals surface area contributed by atoms with Crippen molar-refractivity contribution in [2.75, 3.05) is 7.05 Å². The van der Waals surface area contributed by atoms with E-state index in [9.17, 15) is 4.39 Å². The van der Waals surface area contributed by atoms with Gasteiger partial charge in [0.15, 0.2) is 0 Å². The van der Waals surface area contributed by atoms with Crippen LogP contribution in [0.3, 0.4) is 0 Å². The van der Waals surface area contributed by atoms with E-state index < -0.39 is 0 Å². The standard InChI is InChI=1S/C9H11BrFNO/c1-6-7(5-12(2)13)9(11)4-3-8(6)10/h3-4,13H,5H2,1-2H3. The van der Waals surface area contributed by atoms with Gasteiger partial charge in [-0.25, -0.2) is 4.39 Å². The number of hydroxylamine groups is 2. The molecule has 0 saturated heterocycles. The van der Waals surface area contributed by atoms with E-state index >= 15 is 0 Å². The molecule has 2 nitrogen and oxygen atoms in total. The smallest absolute Gasteiger partial charge is 0.128 e. The minimum atomic E-state index is -0.290. The molecule has 0 fully saturated rings. The molecular weight excluding hydrogens is 237 g/mol. The summed E-state index contributed by atoms with van der Waals surface area (Å²) in [7, 11) is 1.49. The second-order valence-electron chi connectivity index (χ2n) is 2.95. The third-order valence-electron chi connectivity index (χ3n) is 1.86. The summed E-state index contributed by atoms with van der Waals surface area (Å²) in [5, 5.41) is 9.95. The Labute approximate surface area is 85.1 Å². The Kier molecular flexibility index (Phi) is 3.41. The Balaban J connectivity index is 3.10. The number of halogens is 2. The molecule has 0 aromatic heterocycles. The summed E-state index contributed by atoms with van der Waals surface area (Å²) in [4.78, 5) is 0. The van der Waals surface area contributed by atoms with Crippen LogP contribution in [0.1, 0.15) is 11.1 Å². The van der Waals surface area contributed by atoms with Crippen LogP contribution >= 0.6 is 15.9 Å². The molecule has 4 heteroatoms. The van der Waals surface area contributed by atoms with Crippen molar-refractivity contribution in [3.8, 4) is 0 Å². The lowest BCUT2D eigenvalue weighted by Gasteiger charge is -2.12. The van der Waals surface area contributed by atoms with Gasteiger partial charge in [-0.2, -0.15) is 5.06 Å². The maximum Gasteiger partial charge on any atom is 0.128 e. The third kappa shape index (κ3) is 2.49. The first-order valence-electron chi connectivity index (χ1n) is 3.86. The quantitative estimate of drug-likeness (QED) is 0.813. The van der Waals surface area contributed by atoms with E-state index in [2.05, 4.69) is 15.9 Å².